The summed E-state index contributed by atoms with van der Waals surface area (Å²) in [5.74, 6) is -0.259. The molecule has 1 N–H and O–H groups in total. The Labute approximate surface area is 138 Å². The Morgan fingerprint density at radius 1 is 1.12 bits per heavy atom. The lowest BCUT2D eigenvalue weighted by atomic mass is 10.1. The first-order valence-electron chi connectivity index (χ1n) is 7.22. The Morgan fingerprint density at radius 3 is 2.58 bits per heavy atom. The maximum atomic E-state index is 10.9. The number of methoxy groups -OCH3 is 1. The lowest BCUT2D eigenvalue weighted by Gasteiger charge is -2.11. The molecule has 0 bridgehead atoms. The number of hydrogen-bond acceptors (Lipinski definition) is 5. The molecule has 3 rings (SSSR count). The van der Waals surface area contributed by atoms with Gasteiger partial charge in [0, 0.05) is 11.6 Å². The fourth-order valence-electron chi connectivity index (χ4n) is 2.20. The van der Waals surface area contributed by atoms with Crippen molar-refractivity contribution >= 4 is 5.97 Å². The Morgan fingerprint density at radius 2 is 1.92 bits per heavy atom. The minimum atomic E-state index is -1.16. The summed E-state index contributed by atoms with van der Waals surface area (Å²) >= 11 is 0. The fraction of sp³-hybridized carbons (Fsp3) is 0.111. The van der Waals surface area contributed by atoms with Crippen LogP contribution in [0.1, 0.15) is 16.1 Å². The largest absolute Gasteiger partial charge is 0.493 e. The highest BCUT2D eigenvalue weighted by atomic mass is 16.5. The molecule has 0 radical (unpaired) electrons. The average Bonchev–Trinajstić information content (AvgIpc) is 3.11. The van der Waals surface area contributed by atoms with Crippen LogP contribution in [0, 0.1) is 0 Å². The van der Waals surface area contributed by atoms with Gasteiger partial charge in [0.25, 0.3) is 0 Å². The number of carbonyl (C=O) groups is 1. The number of carboxylic acid groups (broad SMARTS) is 1. The van der Waals surface area contributed by atoms with Gasteiger partial charge in [-0.3, -0.25) is 0 Å². The van der Waals surface area contributed by atoms with E-state index in [0.29, 0.717) is 29.4 Å². The van der Waals surface area contributed by atoms with E-state index in [1.165, 1.54) is 6.07 Å². The first kappa shape index (κ1) is 15.6. The summed E-state index contributed by atoms with van der Waals surface area (Å²) in [6, 6.07) is 16.4. The number of benzene rings is 2. The van der Waals surface area contributed by atoms with E-state index < -0.39 is 5.97 Å². The topological polar surface area (TPSA) is 81.8 Å². The number of aromatic nitrogens is 1. The van der Waals surface area contributed by atoms with E-state index in [9.17, 15) is 4.79 Å². The number of nitrogens with zero attached hydrogens (tertiary/aromatic N) is 1. The Hall–Kier alpha value is -3.28. The van der Waals surface area contributed by atoms with E-state index in [1.54, 1.807) is 25.3 Å². The van der Waals surface area contributed by atoms with E-state index in [0.717, 1.165) is 5.56 Å². The first-order chi connectivity index (χ1) is 11.7. The number of carboxylic acids is 1. The molecule has 122 valence electrons. The van der Waals surface area contributed by atoms with Crippen LogP contribution in [0.15, 0.2) is 59.1 Å². The molecule has 24 heavy (non-hydrogen) atoms. The van der Waals surface area contributed by atoms with Crippen molar-refractivity contribution in [3.63, 3.8) is 0 Å². The second-order valence-electron chi connectivity index (χ2n) is 5.02. The summed E-state index contributed by atoms with van der Waals surface area (Å²) in [4.78, 5) is 10.9. The molecule has 6 nitrogen and oxygen atoms in total. The van der Waals surface area contributed by atoms with E-state index in [4.69, 9.17) is 19.1 Å². The van der Waals surface area contributed by atoms with Gasteiger partial charge in [0.2, 0.25) is 5.76 Å². The zero-order chi connectivity index (χ0) is 16.9. The number of ether oxygens (including phenoxy) is 2. The van der Waals surface area contributed by atoms with Crippen molar-refractivity contribution in [3.8, 4) is 22.8 Å². The fourth-order valence-corrected chi connectivity index (χ4v) is 2.20. The van der Waals surface area contributed by atoms with Crippen LogP contribution in [-0.2, 0) is 6.61 Å². The zero-order valence-corrected chi connectivity index (χ0v) is 12.9. The Bertz CT molecular complexity index is 842. The summed E-state index contributed by atoms with van der Waals surface area (Å²) in [6.45, 7) is 0.389. The molecule has 0 spiro atoms. The molecule has 1 aromatic heterocycles. The highest BCUT2D eigenvalue weighted by molar-refractivity contribution is 5.85. The van der Waals surface area contributed by atoms with Gasteiger partial charge >= 0.3 is 5.97 Å². The highest BCUT2D eigenvalue weighted by Gasteiger charge is 2.14. The van der Waals surface area contributed by atoms with Crippen LogP contribution in [0.25, 0.3) is 11.3 Å². The van der Waals surface area contributed by atoms with Gasteiger partial charge in [-0.1, -0.05) is 35.5 Å². The van der Waals surface area contributed by atoms with Gasteiger partial charge in [-0.15, -0.1) is 0 Å². The maximum Gasteiger partial charge on any atom is 0.374 e. The van der Waals surface area contributed by atoms with Crippen molar-refractivity contribution in [3.05, 3.63) is 65.9 Å². The lowest BCUT2D eigenvalue weighted by molar-refractivity contribution is 0.0652. The molecule has 0 aliphatic heterocycles. The summed E-state index contributed by atoms with van der Waals surface area (Å²) in [5.41, 5.74) is 2.12. The summed E-state index contributed by atoms with van der Waals surface area (Å²) < 4.78 is 15.9. The van der Waals surface area contributed by atoms with E-state index in [1.807, 2.05) is 30.3 Å². The standard InChI is InChI=1S/C18H15NO5/c1-22-15-8-7-13(14-10-17(18(20)21)24-19-14)9-16(15)23-11-12-5-3-2-4-6-12/h2-10H,11H2,1H3,(H,20,21). The van der Waals surface area contributed by atoms with Gasteiger partial charge in [-0.2, -0.15) is 0 Å². The van der Waals surface area contributed by atoms with Gasteiger partial charge in [0.15, 0.2) is 11.5 Å². The van der Waals surface area contributed by atoms with Crippen LogP contribution >= 0.6 is 0 Å². The van der Waals surface area contributed by atoms with Crippen molar-refractivity contribution in [2.24, 2.45) is 0 Å². The molecule has 0 aliphatic carbocycles. The number of rotatable bonds is 6. The maximum absolute atomic E-state index is 10.9. The predicted molar refractivity (Wildman–Crippen MR) is 86.2 cm³/mol. The molecule has 2 aromatic carbocycles. The van der Waals surface area contributed by atoms with Gasteiger partial charge < -0.3 is 19.1 Å². The quantitative estimate of drug-likeness (QED) is 0.745. The van der Waals surface area contributed by atoms with Crippen LogP contribution in [0.4, 0.5) is 0 Å². The van der Waals surface area contributed by atoms with Crippen LogP contribution in [0.2, 0.25) is 0 Å². The average molecular weight is 325 g/mol. The number of aromatic carboxylic acids is 1. The molecule has 0 saturated heterocycles. The lowest BCUT2D eigenvalue weighted by Crippen LogP contribution is -1.98. The van der Waals surface area contributed by atoms with E-state index in [2.05, 4.69) is 5.16 Å². The summed E-state index contributed by atoms with van der Waals surface area (Å²) in [5, 5.41) is 12.7. The Kier molecular flexibility index (Phi) is 4.47. The van der Waals surface area contributed by atoms with Crippen molar-refractivity contribution in [1.82, 2.24) is 5.16 Å². The second-order valence-corrected chi connectivity index (χ2v) is 5.02. The third-order valence-corrected chi connectivity index (χ3v) is 3.42. The normalized spacial score (nSPS) is 10.4. The smallest absolute Gasteiger partial charge is 0.374 e. The van der Waals surface area contributed by atoms with Crippen molar-refractivity contribution < 1.29 is 23.9 Å². The zero-order valence-electron chi connectivity index (χ0n) is 12.9. The molecule has 0 aliphatic rings. The molecule has 0 saturated carbocycles. The molecule has 0 amide bonds. The highest BCUT2D eigenvalue weighted by Crippen LogP contribution is 2.33. The monoisotopic (exact) mass is 325 g/mol. The van der Waals surface area contributed by atoms with Crippen LogP contribution < -0.4 is 9.47 Å². The van der Waals surface area contributed by atoms with Crippen molar-refractivity contribution in [2.45, 2.75) is 6.61 Å². The van der Waals surface area contributed by atoms with Crippen LogP contribution in [0.5, 0.6) is 11.5 Å². The van der Waals surface area contributed by atoms with Gasteiger partial charge in [-0.05, 0) is 23.8 Å². The summed E-state index contributed by atoms with van der Waals surface area (Å²) in [7, 11) is 1.56. The minimum Gasteiger partial charge on any atom is -0.493 e. The SMILES string of the molecule is COc1ccc(-c2cc(C(=O)O)on2)cc1OCc1ccccc1. The molecule has 3 aromatic rings. The summed E-state index contributed by atoms with van der Waals surface area (Å²) in [6.07, 6.45) is 0. The van der Waals surface area contributed by atoms with Gasteiger partial charge in [-0.25, -0.2) is 4.79 Å². The molecular weight excluding hydrogens is 310 g/mol. The van der Waals surface area contributed by atoms with Crippen LogP contribution in [-0.4, -0.2) is 23.3 Å². The number of hydrogen-bond donors (Lipinski definition) is 1. The van der Waals surface area contributed by atoms with Crippen LogP contribution in [0.3, 0.4) is 0 Å². The molecule has 0 atom stereocenters. The van der Waals surface area contributed by atoms with Crippen molar-refractivity contribution in [2.75, 3.05) is 7.11 Å². The first-order valence-corrected chi connectivity index (χ1v) is 7.22. The van der Waals surface area contributed by atoms with E-state index >= 15 is 0 Å². The Balaban J connectivity index is 1.85. The molecule has 1 heterocycles. The van der Waals surface area contributed by atoms with Crippen molar-refractivity contribution in [1.29, 1.82) is 0 Å². The second kappa shape index (κ2) is 6.87. The third kappa shape index (κ3) is 3.38. The minimum absolute atomic E-state index is 0.215. The molecule has 0 fully saturated rings. The predicted octanol–water partition coefficient (Wildman–Crippen LogP) is 3.63. The molecule has 6 heteroatoms. The van der Waals surface area contributed by atoms with Gasteiger partial charge in [0.05, 0.1) is 7.11 Å². The third-order valence-electron chi connectivity index (χ3n) is 3.42. The molecular formula is C18H15NO5. The van der Waals surface area contributed by atoms with Gasteiger partial charge in [0.1, 0.15) is 12.3 Å². The molecule has 0 unspecified atom stereocenters. The van der Waals surface area contributed by atoms with E-state index in [-0.39, 0.29) is 5.76 Å².